The number of methoxy groups -OCH3 is 1. The van der Waals surface area contributed by atoms with E-state index < -0.39 is 5.97 Å². The number of nitrogens with one attached hydrogen (secondary N) is 2. The Bertz CT molecular complexity index is 567. The van der Waals surface area contributed by atoms with Crippen molar-refractivity contribution >= 4 is 17.8 Å². The molecule has 1 saturated heterocycles. The van der Waals surface area contributed by atoms with Gasteiger partial charge in [0.2, 0.25) is 0 Å². The van der Waals surface area contributed by atoms with Crippen molar-refractivity contribution in [2.24, 2.45) is 5.41 Å². The molecule has 7 heteroatoms. The molecule has 1 aliphatic carbocycles. The highest BCUT2D eigenvalue weighted by Gasteiger charge is 2.46. The first-order valence-corrected chi connectivity index (χ1v) is 7.24. The molecule has 1 spiro atoms. The highest BCUT2D eigenvalue weighted by molar-refractivity contribution is 5.94. The van der Waals surface area contributed by atoms with E-state index in [0.29, 0.717) is 16.8 Å². The molecule has 21 heavy (non-hydrogen) atoms. The molecule has 0 atom stereocenters. The van der Waals surface area contributed by atoms with Crippen LogP contribution in [0.15, 0.2) is 0 Å². The summed E-state index contributed by atoms with van der Waals surface area (Å²) in [5, 5.41) is 9.32. The number of amides is 2. The second kappa shape index (κ2) is 5.05. The van der Waals surface area contributed by atoms with E-state index in [-0.39, 0.29) is 11.7 Å². The largest absolute Gasteiger partial charge is 0.464 e. The van der Waals surface area contributed by atoms with Gasteiger partial charge in [-0.1, -0.05) is 12.8 Å². The van der Waals surface area contributed by atoms with Gasteiger partial charge in [-0.3, -0.25) is 10.4 Å². The van der Waals surface area contributed by atoms with Crippen molar-refractivity contribution in [1.82, 2.24) is 15.1 Å². The second-order valence-electron chi connectivity index (χ2n) is 6.06. The molecule has 2 N–H and O–H groups in total. The van der Waals surface area contributed by atoms with Crippen LogP contribution in [0, 0.1) is 12.3 Å². The third-order valence-electron chi connectivity index (χ3n) is 4.63. The van der Waals surface area contributed by atoms with Crippen molar-refractivity contribution in [2.75, 3.05) is 25.5 Å². The van der Waals surface area contributed by atoms with Gasteiger partial charge in [0.05, 0.1) is 7.11 Å². The SMILES string of the molecule is COC(=O)c1[nH]nc(NC(=O)N2CC3(CCCC3)C2)c1C. The van der Waals surface area contributed by atoms with Gasteiger partial charge in [-0.2, -0.15) is 5.10 Å². The Kier molecular flexibility index (Phi) is 3.35. The molecular weight excluding hydrogens is 272 g/mol. The maximum Gasteiger partial charge on any atom is 0.356 e. The van der Waals surface area contributed by atoms with E-state index in [1.807, 2.05) is 0 Å². The van der Waals surface area contributed by atoms with Crippen LogP contribution in [0.3, 0.4) is 0 Å². The Morgan fingerprint density at radius 2 is 2.00 bits per heavy atom. The van der Waals surface area contributed by atoms with E-state index in [0.717, 1.165) is 13.1 Å². The van der Waals surface area contributed by atoms with Crippen LogP contribution in [0.5, 0.6) is 0 Å². The van der Waals surface area contributed by atoms with Crippen molar-refractivity contribution in [3.8, 4) is 0 Å². The number of rotatable bonds is 2. The summed E-state index contributed by atoms with van der Waals surface area (Å²) in [6, 6.07) is -0.154. The summed E-state index contributed by atoms with van der Waals surface area (Å²) in [6.45, 7) is 3.37. The minimum atomic E-state index is -0.491. The quantitative estimate of drug-likeness (QED) is 0.815. The van der Waals surface area contributed by atoms with E-state index in [1.165, 1.54) is 32.8 Å². The first-order valence-electron chi connectivity index (χ1n) is 7.24. The first kappa shape index (κ1) is 13.9. The lowest BCUT2D eigenvalue weighted by Crippen LogP contribution is -2.58. The molecule has 114 valence electrons. The van der Waals surface area contributed by atoms with Gasteiger partial charge >= 0.3 is 12.0 Å². The summed E-state index contributed by atoms with van der Waals surface area (Å²) in [7, 11) is 1.31. The maximum atomic E-state index is 12.2. The Morgan fingerprint density at radius 3 is 2.62 bits per heavy atom. The number of ether oxygens (including phenoxy) is 1. The number of anilines is 1. The fraction of sp³-hybridized carbons (Fsp3) is 0.643. The fourth-order valence-corrected chi connectivity index (χ4v) is 3.35. The minimum absolute atomic E-state index is 0.154. The van der Waals surface area contributed by atoms with Crippen molar-refractivity contribution in [2.45, 2.75) is 32.6 Å². The summed E-state index contributed by atoms with van der Waals surface area (Å²) in [5.41, 5.74) is 1.23. The third-order valence-corrected chi connectivity index (χ3v) is 4.63. The van der Waals surface area contributed by atoms with Gasteiger partial charge in [0.1, 0.15) is 5.69 Å². The predicted octanol–water partition coefficient (Wildman–Crippen LogP) is 1.91. The topological polar surface area (TPSA) is 87.3 Å². The Morgan fingerprint density at radius 1 is 1.33 bits per heavy atom. The lowest BCUT2D eigenvalue weighted by molar-refractivity contribution is 0.0429. The van der Waals surface area contributed by atoms with Crippen molar-refractivity contribution in [3.05, 3.63) is 11.3 Å². The van der Waals surface area contributed by atoms with Gasteiger partial charge in [-0.05, 0) is 19.8 Å². The number of likely N-dealkylation sites (tertiary alicyclic amines) is 1. The summed E-state index contributed by atoms with van der Waals surface area (Å²) < 4.78 is 4.65. The molecule has 0 bridgehead atoms. The number of esters is 1. The van der Waals surface area contributed by atoms with Gasteiger partial charge in [0.15, 0.2) is 5.82 Å². The average Bonchev–Trinajstić information content (AvgIpc) is 3.04. The molecule has 1 saturated carbocycles. The number of urea groups is 1. The summed E-state index contributed by atoms with van der Waals surface area (Å²) in [6.07, 6.45) is 5.00. The number of carbonyl (C=O) groups is 2. The predicted molar refractivity (Wildman–Crippen MR) is 76.2 cm³/mol. The molecule has 0 aromatic carbocycles. The van der Waals surface area contributed by atoms with E-state index in [2.05, 4.69) is 20.3 Å². The van der Waals surface area contributed by atoms with E-state index in [9.17, 15) is 9.59 Å². The van der Waals surface area contributed by atoms with Gasteiger partial charge in [-0.15, -0.1) is 0 Å². The van der Waals surface area contributed by atoms with Gasteiger partial charge < -0.3 is 9.64 Å². The first-order chi connectivity index (χ1) is 10.0. The molecule has 1 aromatic rings. The van der Waals surface area contributed by atoms with Crippen molar-refractivity contribution in [1.29, 1.82) is 0 Å². The zero-order valence-electron chi connectivity index (χ0n) is 12.4. The monoisotopic (exact) mass is 292 g/mol. The zero-order valence-corrected chi connectivity index (χ0v) is 12.4. The lowest BCUT2D eigenvalue weighted by Gasteiger charge is -2.47. The smallest absolute Gasteiger partial charge is 0.356 e. The highest BCUT2D eigenvalue weighted by Crippen LogP contribution is 2.45. The zero-order chi connectivity index (χ0) is 15.0. The fourth-order valence-electron chi connectivity index (χ4n) is 3.35. The highest BCUT2D eigenvalue weighted by atomic mass is 16.5. The summed E-state index contributed by atoms with van der Waals surface area (Å²) >= 11 is 0. The van der Waals surface area contributed by atoms with Crippen LogP contribution in [0.2, 0.25) is 0 Å². The van der Waals surface area contributed by atoms with Crippen LogP contribution < -0.4 is 5.32 Å². The third kappa shape index (κ3) is 2.36. The molecule has 3 rings (SSSR count). The van der Waals surface area contributed by atoms with Crippen LogP contribution in [0.1, 0.15) is 41.7 Å². The second-order valence-corrected chi connectivity index (χ2v) is 6.06. The lowest BCUT2D eigenvalue weighted by atomic mass is 9.78. The van der Waals surface area contributed by atoms with Gasteiger partial charge in [0, 0.05) is 24.1 Å². The molecule has 2 amide bonds. The number of hydrogen-bond donors (Lipinski definition) is 2. The molecule has 1 aromatic heterocycles. The van der Waals surface area contributed by atoms with Crippen LogP contribution in [0.4, 0.5) is 10.6 Å². The number of aromatic amines is 1. The molecular formula is C14H20N4O3. The van der Waals surface area contributed by atoms with E-state index >= 15 is 0 Å². The average molecular weight is 292 g/mol. The number of carbonyl (C=O) groups excluding carboxylic acids is 2. The van der Waals surface area contributed by atoms with Crippen molar-refractivity contribution in [3.63, 3.8) is 0 Å². The van der Waals surface area contributed by atoms with Crippen LogP contribution in [0.25, 0.3) is 0 Å². The Labute approximate surface area is 123 Å². The Hall–Kier alpha value is -2.05. The molecule has 0 radical (unpaired) electrons. The van der Waals surface area contributed by atoms with Crippen LogP contribution >= 0.6 is 0 Å². The number of hydrogen-bond acceptors (Lipinski definition) is 4. The number of aromatic nitrogens is 2. The standard InChI is InChI=1S/C14H20N4O3/c1-9-10(12(19)21-2)16-17-11(9)15-13(20)18-7-14(8-18)5-3-4-6-14/h3-8H2,1-2H3,(H2,15,16,17,20). The van der Waals surface area contributed by atoms with E-state index in [1.54, 1.807) is 11.8 Å². The molecule has 2 heterocycles. The summed E-state index contributed by atoms with van der Waals surface area (Å²) in [5.74, 6) is -0.109. The summed E-state index contributed by atoms with van der Waals surface area (Å²) in [4.78, 5) is 25.5. The number of nitrogens with zero attached hydrogens (tertiary/aromatic N) is 2. The molecule has 0 unspecified atom stereocenters. The molecule has 2 aliphatic rings. The Balaban J connectivity index is 1.61. The van der Waals surface area contributed by atoms with Crippen LogP contribution in [-0.4, -0.2) is 47.3 Å². The molecule has 7 nitrogen and oxygen atoms in total. The molecule has 1 aliphatic heterocycles. The maximum absolute atomic E-state index is 12.2. The normalized spacial score (nSPS) is 19.4. The van der Waals surface area contributed by atoms with Crippen molar-refractivity contribution < 1.29 is 14.3 Å². The number of H-pyrrole nitrogens is 1. The minimum Gasteiger partial charge on any atom is -0.464 e. The molecule has 2 fully saturated rings. The van der Waals surface area contributed by atoms with Gasteiger partial charge in [0.25, 0.3) is 0 Å². The van der Waals surface area contributed by atoms with E-state index in [4.69, 9.17) is 0 Å². The van der Waals surface area contributed by atoms with Gasteiger partial charge in [-0.25, -0.2) is 9.59 Å². The van der Waals surface area contributed by atoms with Crippen LogP contribution in [-0.2, 0) is 4.74 Å².